The van der Waals surface area contributed by atoms with Crippen LogP contribution in [-0.4, -0.2) is 7.11 Å². The van der Waals surface area contributed by atoms with Crippen molar-refractivity contribution in [2.75, 3.05) is 12.4 Å². The summed E-state index contributed by atoms with van der Waals surface area (Å²) in [7, 11) is 1.71. The van der Waals surface area contributed by atoms with Gasteiger partial charge in [-0.3, -0.25) is 0 Å². The lowest BCUT2D eigenvalue weighted by atomic mass is 9.95. The van der Waals surface area contributed by atoms with Crippen molar-refractivity contribution in [2.45, 2.75) is 19.4 Å². The fourth-order valence-electron chi connectivity index (χ4n) is 3.02. The van der Waals surface area contributed by atoms with Gasteiger partial charge < -0.3 is 10.1 Å². The van der Waals surface area contributed by atoms with E-state index in [-0.39, 0.29) is 6.04 Å². The van der Waals surface area contributed by atoms with Gasteiger partial charge in [-0.1, -0.05) is 66.7 Å². The van der Waals surface area contributed by atoms with Gasteiger partial charge in [0, 0.05) is 0 Å². The topological polar surface area (TPSA) is 21.3 Å². The average molecular weight is 317 g/mol. The molecule has 0 saturated heterocycles. The van der Waals surface area contributed by atoms with Crippen molar-refractivity contribution in [1.29, 1.82) is 0 Å². The van der Waals surface area contributed by atoms with E-state index in [0.29, 0.717) is 0 Å². The van der Waals surface area contributed by atoms with Crippen LogP contribution in [0.25, 0.3) is 0 Å². The largest absolute Gasteiger partial charge is 0.495 e. The van der Waals surface area contributed by atoms with Crippen LogP contribution in [0.3, 0.4) is 0 Å². The van der Waals surface area contributed by atoms with Crippen LogP contribution in [0.5, 0.6) is 5.75 Å². The van der Waals surface area contributed by atoms with Crippen molar-refractivity contribution in [1.82, 2.24) is 0 Å². The third-order valence-electron chi connectivity index (χ3n) is 4.28. The number of hydrogen-bond acceptors (Lipinski definition) is 2. The molecule has 0 heterocycles. The molecule has 1 N–H and O–H groups in total. The van der Waals surface area contributed by atoms with Crippen LogP contribution in [0.2, 0.25) is 0 Å². The molecule has 0 radical (unpaired) electrons. The van der Waals surface area contributed by atoms with Gasteiger partial charge in [0.05, 0.1) is 18.8 Å². The molecule has 1 unspecified atom stereocenters. The summed E-state index contributed by atoms with van der Waals surface area (Å²) in [5.74, 6) is 0.865. The van der Waals surface area contributed by atoms with E-state index < -0.39 is 0 Å². The Kier molecular flexibility index (Phi) is 5.17. The molecule has 0 bridgehead atoms. The molecule has 0 aliphatic carbocycles. The number of hydrogen-bond donors (Lipinski definition) is 1. The zero-order chi connectivity index (χ0) is 16.8. The minimum absolute atomic E-state index is 0.185. The van der Waals surface area contributed by atoms with Gasteiger partial charge in [0.2, 0.25) is 0 Å². The number of aryl methyl sites for hydroxylation is 1. The van der Waals surface area contributed by atoms with E-state index in [1.165, 1.54) is 16.7 Å². The molecule has 0 fully saturated rings. The zero-order valence-corrected chi connectivity index (χ0v) is 14.2. The van der Waals surface area contributed by atoms with Crippen LogP contribution in [-0.2, 0) is 6.42 Å². The van der Waals surface area contributed by atoms with E-state index in [4.69, 9.17) is 4.74 Å². The molecule has 0 aliphatic heterocycles. The minimum atomic E-state index is 0.185. The SMILES string of the molecule is COc1ccccc1NC(Cc1ccccc1)c1ccccc1C. The number of rotatable bonds is 6. The van der Waals surface area contributed by atoms with Crippen LogP contribution in [0.1, 0.15) is 22.7 Å². The molecule has 0 spiro atoms. The second kappa shape index (κ2) is 7.69. The van der Waals surface area contributed by atoms with E-state index in [1.54, 1.807) is 7.11 Å². The van der Waals surface area contributed by atoms with E-state index in [9.17, 15) is 0 Å². The van der Waals surface area contributed by atoms with E-state index in [2.05, 4.69) is 72.9 Å². The second-order valence-corrected chi connectivity index (χ2v) is 5.94. The lowest BCUT2D eigenvalue weighted by Crippen LogP contribution is -2.15. The molecular formula is C22H23NO. The first-order valence-electron chi connectivity index (χ1n) is 8.27. The highest BCUT2D eigenvalue weighted by Gasteiger charge is 2.16. The first kappa shape index (κ1) is 16.1. The van der Waals surface area contributed by atoms with Crippen molar-refractivity contribution in [3.8, 4) is 5.75 Å². The van der Waals surface area contributed by atoms with Crippen molar-refractivity contribution in [2.24, 2.45) is 0 Å². The van der Waals surface area contributed by atoms with Crippen LogP contribution in [0.4, 0.5) is 5.69 Å². The summed E-state index contributed by atoms with van der Waals surface area (Å²) in [6.07, 6.45) is 0.920. The molecule has 2 heteroatoms. The minimum Gasteiger partial charge on any atom is -0.495 e. The third kappa shape index (κ3) is 3.77. The molecule has 24 heavy (non-hydrogen) atoms. The number of ether oxygens (including phenoxy) is 1. The summed E-state index contributed by atoms with van der Waals surface area (Å²) in [4.78, 5) is 0. The molecule has 2 nitrogen and oxygen atoms in total. The van der Waals surface area contributed by atoms with Gasteiger partial charge >= 0.3 is 0 Å². The van der Waals surface area contributed by atoms with E-state index in [0.717, 1.165) is 17.9 Å². The highest BCUT2D eigenvalue weighted by atomic mass is 16.5. The standard InChI is InChI=1S/C22H23NO/c1-17-10-6-7-13-19(17)21(16-18-11-4-3-5-12-18)23-20-14-8-9-15-22(20)24-2/h3-15,21,23H,16H2,1-2H3. The van der Waals surface area contributed by atoms with Crippen molar-refractivity contribution in [3.63, 3.8) is 0 Å². The maximum absolute atomic E-state index is 5.50. The normalized spacial score (nSPS) is 11.8. The maximum Gasteiger partial charge on any atom is 0.141 e. The molecule has 0 aromatic heterocycles. The summed E-state index contributed by atoms with van der Waals surface area (Å²) >= 11 is 0. The van der Waals surface area contributed by atoms with Crippen molar-refractivity contribution < 1.29 is 4.74 Å². The molecule has 0 aliphatic rings. The molecular weight excluding hydrogens is 294 g/mol. The third-order valence-corrected chi connectivity index (χ3v) is 4.28. The summed E-state index contributed by atoms with van der Waals surface area (Å²) < 4.78 is 5.50. The lowest BCUT2D eigenvalue weighted by Gasteiger charge is -2.23. The van der Waals surface area contributed by atoms with E-state index in [1.807, 2.05) is 18.2 Å². The summed E-state index contributed by atoms with van der Waals surface area (Å²) in [6, 6.07) is 27.4. The number of benzene rings is 3. The molecule has 1 atom stereocenters. The molecule has 3 rings (SSSR count). The van der Waals surface area contributed by atoms with Gasteiger partial charge in [-0.05, 0) is 42.2 Å². The molecule has 0 amide bonds. The lowest BCUT2D eigenvalue weighted by molar-refractivity contribution is 0.416. The Morgan fingerprint density at radius 2 is 1.50 bits per heavy atom. The Morgan fingerprint density at radius 3 is 2.25 bits per heavy atom. The highest BCUT2D eigenvalue weighted by molar-refractivity contribution is 5.58. The monoisotopic (exact) mass is 317 g/mol. The first-order valence-corrected chi connectivity index (χ1v) is 8.27. The highest BCUT2D eigenvalue weighted by Crippen LogP contribution is 2.31. The molecule has 0 saturated carbocycles. The second-order valence-electron chi connectivity index (χ2n) is 5.94. The number of para-hydroxylation sites is 2. The van der Waals surface area contributed by atoms with Gasteiger partial charge in [0.15, 0.2) is 0 Å². The number of nitrogens with one attached hydrogen (secondary N) is 1. The number of methoxy groups -OCH3 is 1. The van der Waals surface area contributed by atoms with Crippen LogP contribution in [0, 0.1) is 6.92 Å². The summed E-state index contributed by atoms with van der Waals surface area (Å²) in [5, 5.41) is 3.68. The van der Waals surface area contributed by atoms with Crippen molar-refractivity contribution in [3.05, 3.63) is 95.6 Å². The maximum atomic E-state index is 5.50. The molecule has 3 aromatic carbocycles. The van der Waals surface area contributed by atoms with Crippen molar-refractivity contribution >= 4 is 5.69 Å². The quantitative estimate of drug-likeness (QED) is 0.657. The van der Waals surface area contributed by atoms with Gasteiger partial charge in [-0.2, -0.15) is 0 Å². The van der Waals surface area contributed by atoms with Crippen LogP contribution in [0.15, 0.2) is 78.9 Å². The average Bonchev–Trinajstić information content (AvgIpc) is 2.63. The van der Waals surface area contributed by atoms with Gasteiger partial charge in [0.25, 0.3) is 0 Å². The first-order chi connectivity index (χ1) is 11.8. The Hall–Kier alpha value is -2.74. The Labute approximate surface area is 144 Å². The van der Waals surface area contributed by atoms with Crippen LogP contribution < -0.4 is 10.1 Å². The predicted octanol–water partition coefficient (Wildman–Crippen LogP) is 5.40. The fraction of sp³-hybridized carbons (Fsp3) is 0.182. The zero-order valence-electron chi connectivity index (χ0n) is 14.2. The van der Waals surface area contributed by atoms with Gasteiger partial charge in [0.1, 0.15) is 5.75 Å². The Morgan fingerprint density at radius 1 is 0.833 bits per heavy atom. The molecule has 3 aromatic rings. The van der Waals surface area contributed by atoms with Gasteiger partial charge in [-0.15, -0.1) is 0 Å². The summed E-state index contributed by atoms with van der Waals surface area (Å²) in [5.41, 5.74) is 4.94. The predicted molar refractivity (Wildman–Crippen MR) is 101 cm³/mol. The van der Waals surface area contributed by atoms with E-state index >= 15 is 0 Å². The number of anilines is 1. The smallest absolute Gasteiger partial charge is 0.141 e. The Balaban J connectivity index is 1.94. The Bertz CT molecular complexity index is 783. The molecule has 122 valence electrons. The van der Waals surface area contributed by atoms with Crippen LogP contribution >= 0.6 is 0 Å². The summed E-state index contributed by atoms with van der Waals surface area (Å²) in [6.45, 7) is 2.16. The fourth-order valence-corrected chi connectivity index (χ4v) is 3.02. The van der Waals surface area contributed by atoms with Gasteiger partial charge in [-0.25, -0.2) is 0 Å².